The van der Waals surface area contributed by atoms with E-state index in [-0.39, 0.29) is 16.9 Å². The molecule has 1 heterocycles. The summed E-state index contributed by atoms with van der Waals surface area (Å²) in [6.45, 7) is 2.65. The summed E-state index contributed by atoms with van der Waals surface area (Å²) in [5.41, 5.74) is 0.617. The van der Waals surface area contributed by atoms with Gasteiger partial charge in [0.2, 0.25) is 0 Å². The molecular weight excluding hydrogens is 332 g/mol. The second-order valence-corrected chi connectivity index (χ2v) is 7.02. The SMILES string of the molecule is CCC1CC(c2cc(Br)ccc2S(=O)(=O)[O-])CCO1. The van der Waals surface area contributed by atoms with Crippen molar-refractivity contribution in [2.75, 3.05) is 6.61 Å². The van der Waals surface area contributed by atoms with Crippen molar-refractivity contribution in [3.63, 3.8) is 0 Å². The Kier molecular flexibility index (Phi) is 4.66. The van der Waals surface area contributed by atoms with Gasteiger partial charge >= 0.3 is 0 Å². The Balaban J connectivity index is 2.40. The molecule has 0 aliphatic carbocycles. The summed E-state index contributed by atoms with van der Waals surface area (Å²) in [4.78, 5) is -0.0996. The molecule has 1 aromatic carbocycles. The third-order valence-electron chi connectivity index (χ3n) is 3.50. The van der Waals surface area contributed by atoms with Crippen LogP contribution in [-0.2, 0) is 14.9 Å². The van der Waals surface area contributed by atoms with Gasteiger partial charge in [-0.25, -0.2) is 8.42 Å². The molecular formula is C13H16BrO4S-. The Bertz CT molecular complexity index is 556. The lowest BCUT2D eigenvalue weighted by atomic mass is 9.88. The molecule has 0 spiro atoms. The van der Waals surface area contributed by atoms with Crippen molar-refractivity contribution < 1.29 is 17.7 Å². The van der Waals surface area contributed by atoms with Crippen molar-refractivity contribution in [3.05, 3.63) is 28.2 Å². The van der Waals surface area contributed by atoms with Crippen LogP contribution in [0.1, 0.15) is 37.7 Å². The third kappa shape index (κ3) is 3.56. The van der Waals surface area contributed by atoms with Crippen LogP contribution in [0.2, 0.25) is 0 Å². The molecule has 0 aromatic heterocycles. The molecule has 1 fully saturated rings. The number of ether oxygens (including phenoxy) is 1. The van der Waals surface area contributed by atoms with Gasteiger partial charge in [-0.15, -0.1) is 0 Å². The van der Waals surface area contributed by atoms with Crippen LogP contribution < -0.4 is 0 Å². The van der Waals surface area contributed by atoms with Crippen molar-refractivity contribution in [1.82, 2.24) is 0 Å². The van der Waals surface area contributed by atoms with Gasteiger partial charge in [-0.3, -0.25) is 0 Å². The highest BCUT2D eigenvalue weighted by molar-refractivity contribution is 9.10. The predicted molar refractivity (Wildman–Crippen MR) is 74.1 cm³/mol. The lowest BCUT2D eigenvalue weighted by molar-refractivity contribution is 0.00442. The zero-order valence-electron chi connectivity index (χ0n) is 10.6. The summed E-state index contributed by atoms with van der Waals surface area (Å²) in [5, 5.41) is 0. The minimum absolute atomic E-state index is 0.0647. The first-order valence-electron chi connectivity index (χ1n) is 6.28. The average molecular weight is 348 g/mol. The Morgan fingerprint density at radius 2 is 2.21 bits per heavy atom. The molecule has 0 N–H and O–H groups in total. The van der Waals surface area contributed by atoms with Gasteiger partial charge in [0, 0.05) is 11.1 Å². The van der Waals surface area contributed by atoms with Gasteiger partial charge in [-0.2, -0.15) is 0 Å². The Labute approximate surface area is 122 Å². The summed E-state index contributed by atoms with van der Waals surface area (Å²) in [6, 6.07) is 4.72. The van der Waals surface area contributed by atoms with Crippen molar-refractivity contribution in [1.29, 1.82) is 0 Å². The van der Waals surface area contributed by atoms with Crippen LogP contribution in [-0.4, -0.2) is 25.7 Å². The van der Waals surface area contributed by atoms with E-state index in [1.807, 2.05) is 6.92 Å². The molecule has 4 nitrogen and oxygen atoms in total. The highest BCUT2D eigenvalue weighted by atomic mass is 79.9. The zero-order chi connectivity index (χ0) is 14.0. The molecule has 2 rings (SSSR count). The van der Waals surface area contributed by atoms with Gasteiger partial charge in [-0.05, 0) is 48.9 Å². The van der Waals surface area contributed by atoms with E-state index in [0.29, 0.717) is 12.2 Å². The molecule has 1 aromatic rings. The van der Waals surface area contributed by atoms with Crippen LogP contribution in [0.15, 0.2) is 27.6 Å². The fourth-order valence-corrected chi connectivity index (χ4v) is 3.64. The van der Waals surface area contributed by atoms with Gasteiger partial charge in [0.1, 0.15) is 10.1 Å². The van der Waals surface area contributed by atoms with Crippen molar-refractivity contribution >= 4 is 26.0 Å². The molecule has 0 bridgehead atoms. The first kappa shape index (κ1) is 15.0. The quantitative estimate of drug-likeness (QED) is 0.788. The number of benzene rings is 1. The smallest absolute Gasteiger partial charge is 0.124 e. The molecule has 0 amide bonds. The Morgan fingerprint density at radius 3 is 2.84 bits per heavy atom. The van der Waals surface area contributed by atoms with Gasteiger partial charge in [0.15, 0.2) is 0 Å². The molecule has 1 aliphatic rings. The highest BCUT2D eigenvalue weighted by Crippen LogP contribution is 2.36. The van der Waals surface area contributed by atoms with Gasteiger partial charge in [0.05, 0.1) is 11.0 Å². The Hall–Kier alpha value is -0.430. The fraction of sp³-hybridized carbons (Fsp3) is 0.538. The molecule has 0 radical (unpaired) electrons. The molecule has 6 heteroatoms. The minimum atomic E-state index is -4.44. The first-order valence-corrected chi connectivity index (χ1v) is 8.49. The number of halogens is 1. The van der Waals surface area contributed by atoms with E-state index in [1.165, 1.54) is 6.07 Å². The summed E-state index contributed by atoms with van der Waals surface area (Å²) < 4.78 is 40.5. The van der Waals surface area contributed by atoms with Crippen LogP contribution in [0.25, 0.3) is 0 Å². The van der Waals surface area contributed by atoms with Gasteiger partial charge in [0.25, 0.3) is 0 Å². The number of hydrogen-bond acceptors (Lipinski definition) is 4. The van der Waals surface area contributed by atoms with E-state index in [1.54, 1.807) is 12.1 Å². The first-order chi connectivity index (χ1) is 8.91. The van der Waals surface area contributed by atoms with E-state index in [2.05, 4.69) is 15.9 Å². The van der Waals surface area contributed by atoms with Crippen LogP contribution >= 0.6 is 15.9 Å². The maximum Gasteiger partial charge on any atom is 0.124 e. The van der Waals surface area contributed by atoms with E-state index in [9.17, 15) is 13.0 Å². The van der Waals surface area contributed by atoms with Crippen LogP contribution in [0.5, 0.6) is 0 Å². The predicted octanol–water partition coefficient (Wildman–Crippen LogP) is 3.03. The van der Waals surface area contributed by atoms with Crippen molar-refractivity contribution in [2.24, 2.45) is 0 Å². The highest BCUT2D eigenvalue weighted by Gasteiger charge is 2.26. The van der Waals surface area contributed by atoms with Crippen LogP contribution in [0.3, 0.4) is 0 Å². The van der Waals surface area contributed by atoms with Crippen molar-refractivity contribution in [2.45, 2.75) is 43.1 Å². The van der Waals surface area contributed by atoms with E-state index < -0.39 is 10.1 Å². The van der Waals surface area contributed by atoms with Gasteiger partial charge in [-0.1, -0.05) is 22.9 Å². The second-order valence-electron chi connectivity index (χ2n) is 4.76. The molecule has 2 atom stereocenters. The van der Waals surface area contributed by atoms with Gasteiger partial charge < -0.3 is 9.29 Å². The van der Waals surface area contributed by atoms with E-state index in [4.69, 9.17) is 4.74 Å². The molecule has 2 unspecified atom stereocenters. The van der Waals surface area contributed by atoms with E-state index in [0.717, 1.165) is 23.7 Å². The third-order valence-corrected chi connectivity index (χ3v) is 4.91. The normalized spacial score (nSPS) is 24.4. The maximum absolute atomic E-state index is 11.4. The van der Waals surface area contributed by atoms with Crippen LogP contribution in [0, 0.1) is 0 Å². The maximum atomic E-state index is 11.4. The van der Waals surface area contributed by atoms with Crippen molar-refractivity contribution in [3.8, 4) is 0 Å². The Morgan fingerprint density at radius 1 is 1.47 bits per heavy atom. The topological polar surface area (TPSA) is 66.4 Å². The lowest BCUT2D eigenvalue weighted by Crippen LogP contribution is -2.24. The molecule has 19 heavy (non-hydrogen) atoms. The summed E-state index contributed by atoms with van der Waals surface area (Å²) in [7, 11) is -4.44. The number of hydrogen-bond donors (Lipinski definition) is 0. The lowest BCUT2D eigenvalue weighted by Gasteiger charge is -2.30. The number of rotatable bonds is 3. The monoisotopic (exact) mass is 347 g/mol. The summed E-state index contributed by atoms with van der Waals surface area (Å²) >= 11 is 3.33. The summed E-state index contributed by atoms with van der Waals surface area (Å²) in [6.07, 6.45) is 2.54. The fourth-order valence-electron chi connectivity index (χ4n) is 2.51. The molecule has 1 aliphatic heterocycles. The van der Waals surface area contributed by atoms with Crippen LogP contribution in [0.4, 0.5) is 0 Å². The molecule has 1 saturated heterocycles. The molecule has 0 saturated carbocycles. The summed E-state index contributed by atoms with van der Waals surface area (Å²) in [5.74, 6) is 0.0647. The largest absolute Gasteiger partial charge is 0.744 e. The average Bonchev–Trinajstić information content (AvgIpc) is 2.37. The minimum Gasteiger partial charge on any atom is -0.744 e. The standard InChI is InChI=1S/C13H17BrO4S/c1-2-11-7-9(5-6-18-11)12-8-10(14)3-4-13(12)19(15,16)17/h3-4,8-9,11H,2,5-7H2,1H3,(H,15,16,17)/p-1. The molecule has 106 valence electrons. The second kappa shape index (κ2) is 5.91. The van der Waals surface area contributed by atoms with E-state index >= 15 is 0 Å². The zero-order valence-corrected chi connectivity index (χ0v) is 13.0.